The van der Waals surface area contributed by atoms with Crippen molar-refractivity contribution < 1.29 is 0 Å². The number of fused-ring (bicyclic) bond motifs is 3. The second kappa shape index (κ2) is 5.87. The highest BCUT2D eigenvalue weighted by Crippen LogP contribution is 2.35. The van der Waals surface area contributed by atoms with Crippen molar-refractivity contribution in [2.45, 2.75) is 32.7 Å². The van der Waals surface area contributed by atoms with E-state index in [1.165, 1.54) is 16.9 Å². The lowest BCUT2D eigenvalue weighted by Crippen LogP contribution is -2.22. The zero-order valence-electron chi connectivity index (χ0n) is 12.9. The standard InChI is InChI=1S/C18H17BrN2OS/c1-11-5-6-14-15(7-11)23-17-16(14)18(22)21(10-20-17)9-12-3-2-4-13(19)8-12/h2-4,8,10-11H,5-7,9H2,1H3/t11-/m1/s1. The first-order chi connectivity index (χ1) is 11.1. The molecule has 0 aliphatic heterocycles. The molecule has 0 radical (unpaired) electrons. The van der Waals surface area contributed by atoms with Crippen molar-refractivity contribution in [3.05, 3.63) is 61.4 Å². The molecule has 0 saturated heterocycles. The van der Waals surface area contributed by atoms with E-state index in [2.05, 4.69) is 27.8 Å². The van der Waals surface area contributed by atoms with Gasteiger partial charge in [-0.3, -0.25) is 9.36 Å². The summed E-state index contributed by atoms with van der Waals surface area (Å²) >= 11 is 5.18. The Hall–Kier alpha value is -1.46. The van der Waals surface area contributed by atoms with Gasteiger partial charge in [0.25, 0.3) is 5.56 Å². The van der Waals surface area contributed by atoms with Gasteiger partial charge in [-0.05, 0) is 48.4 Å². The summed E-state index contributed by atoms with van der Waals surface area (Å²) < 4.78 is 2.76. The first-order valence-electron chi connectivity index (χ1n) is 7.86. The largest absolute Gasteiger partial charge is 0.294 e. The summed E-state index contributed by atoms with van der Waals surface area (Å²) in [6, 6.07) is 8.06. The van der Waals surface area contributed by atoms with Gasteiger partial charge in [-0.2, -0.15) is 0 Å². The Balaban J connectivity index is 1.80. The molecular formula is C18H17BrN2OS. The first-order valence-corrected chi connectivity index (χ1v) is 9.47. The summed E-state index contributed by atoms with van der Waals surface area (Å²) in [5.74, 6) is 0.708. The number of thiophene rings is 1. The van der Waals surface area contributed by atoms with Crippen LogP contribution in [0.4, 0.5) is 0 Å². The average Bonchev–Trinajstić information content (AvgIpc) is 2.88. The molecule has 0 saturated carbocycles. The number of benzene rings is 1. The Morgan fingerprint density at radius 2 is 2.30 bits per heavy atom. The molecule has 0 amide bonds. The van der Waals surface area contributed by atoms with E-state index < -0.39 is 0 Å². The molecule has 0 N–H and O–H groups in total. The lowest BCUT2D eigenvalue weighted by Gasteiger charge is -2.17. The zero-order valence-corrected chi connectivity index (χ0v) is 15.3. The summed E-state index contributed by atoms with van der Waals surface area (Å²) in [6.07, 6.45) is 4.95. The Bertz CT molecular complexity index is 944. The van der Waals surface area contributed by atoms with Crippen molar-refractivity contribution in [2.75, 3.05) is 0 Å². The number of aromatic nitrogens is 2. The molecule has 3 nitrogen and oxygen atoms in total. The molecule has 0 unspecified atom stereocenters. The fraction of sp³-hybridized carbons (Fsp3) is 0.333. The third kappa shape index (κ3) is 2.76. The van der Waals surface area contributed by atoms with Crippen LogP contribution in [0.1, 0.15) is 29.3 Å². The fourth-order valence-electron chi connectivity index (χ4n) is 3.31. The van der Waals surface area contributed by atoms with Crippen molar-refractivity contribution in [1.82, 2.24) is 9.55 Å². The fourth-order valence-corrected chi connectivity index (χ4v) is 5.10. The van der Waals surface area contributed by atoms with Crippen LogP contribution < -0.4 is 5.56 Å². The van der Waals surface area contributed by atoms with Crippen LogP contribution in [0.2, 0.25) is 0 Å². The molecule has 5 heteroatoms. The highest BCUT2D eigenvalue weighted by molar-refractivity contribution is 9.10. The predicted molar refractivity (Wildman–Crippen MR) is 98.3 cm³/mol. The van der Waals surface area contributed by atoms with E-state index in [4.69, 9.17) is 0 Å². The quantitative estimate of drug-likeness (QED) is 0.652. The Labute approximate surface area is 147 Å². The van der Waals surface area contributed by atoms with Crippen molar-refractivity contribution in [2.24, 2.45) is 5.92 Å². The maximum absolute atomic E-state index is 13.0. The lowest BCUT2D eigenvalue weighted by molar-refractivity contribution is 0.509. The van der Waals surface area contributed by atoms with Gasteiger partial charge < -0.3 is 0 Å². The molecular weight excluding hydrogens is 372 g/mol. The van der Waals surface area contributed by atoms with Crippen molar-refractivity contribution in [3.8, 4) is 0 Å². The van der Waals surface area contributed by atoms with Gasteiger partial charge in [0.1, 0.15) is 4.83 Å². The first kappa shape index (κ1) is 15.1. The van der Waals surface area contributed by atoms with Crippen LogP contribution in [0.15, 0.2) is 39.9 Å². The van der Waals surface area contributed by atoms with E-state index in [1.807, 2.05) is 24.3 Å². The molecule has 1 atom stereocenters. The second-order valence-electron chi connectivity index (χ2n) is 6.34. The van der Waals surface area contributed by atoms with E-state index in [1.54, 1.807) is 22.2 Å². The van der Waals surface area contributed by atoms with Crippen LogP contribution in [0, 0.1) is 5.92 Å². The van der Waals surface area contributed by atoms with Crippen LogP contribution in [-0.4, -0.2) is 9.55 Å². The van der Waals surface area contributed by atoms with Gasteiger partial charge in [0.2, 0.25) is 0 Å². The van der Waals surface area contributed by atoms with Crippen LogP contribution in [0.25, 0.3) is 10.2 Å². The maximum Gasteiger partial charge on any atom is 0.262 e. The monoisotopic (exact) mass is 388 g/mol. The lowest BCUT2D eigenvalue weighted by atomic mass is 9.89. The minimum absolute atomic E-state index is 0.0991. The number of nitrogens with zero attached hydrogens (tertiary/aromatic N) is 2. The normalized spacial score (nSPS) is 17.4. The summed E-state index contributed by atoms with van der Waals surface area (Å²) in [7, 11) is 0. The van der Waals surface area contributed by atoms with Gasteiger partial charge in [-0.15, -0.1) is 11.3 Å². The molecule has 0 bridgehead atoms. The summed E-state index contributed by atoms with van der Waals surface area (Å²) in [5, 5.41) is 0.856. The van der Waals surface area contributed by atoms with Crippen LogP contribution in [0.3, 0.4) is 0 Å². The highest BCUT2D eigenvalue weighted by atomic mass is 79.9. The maximum atomic E-state index is 13.0. The molecule has 1 aliphatic rings. The molecule has 3 aromatic rings. The molecule has 2 heterocycles. The van der Waals surface area contributed by atoms with Gasteiger partial charge in [0, 0.05) is 9.35 Å². The second-order valence-corrected chi connectivity index (χ2v) is 8.34. The van der Waals surface area contributed by atoms with Crippen LogP contribution >= 0.6 is 27.3 Å². The van der Waals surface area contributed by atoms with Crippen molar-refractivity contribution in [1.29, 1.82) is 0 Å². The molecule has 0 fully saturated rings. The topological polar surface area (TPSA) is 34.9 Å². The molecule has 1 aliphatic carbocycles. The van der Waals surface area contributed by atoms with E-state index >= 15 is 0 Å². The minimum Gasteiger partial charge on any atom is -0.294 e. The number of aryl methyl sites for hydroxylation is 1. The molecule has 2 aromatic heterocycles. The Morgan fingerprint density at radius 1 is 1.43 bits per heavy atom. The van der Waals surface area contributed by atoms with E-state index in [0.29, 0.717) is 12.5 Å². The van der Waals surface area contributed by atoms with Gasteiger partial charge in [-0.1, -0.05) is 35.0 Å². The summed E-state index contributed by atoms with van der Waals surface area (Å²) in [4.78, 5) is 19.8. The van der Waals surface area contributed by atoms with Gasteiger partial charge >= 0.3 is 0 Å². The number of hydrogen-bond acceptors (Lipinski definition) is 3. The third-order valence-electron chi connectivity index (χ3n) is 4.52. The third-order valence-corrected chi connectivity index (χ3v) is 6.18. The van der Waals surface area contributed by atoms with Crippen LogP contribution in [0.5, 0.6) is 0 Å². The Morgan fingerprint density at radius 3 is 3.13 bits per heavy atom. The van der Waals surface area contributed by atoms with Gasteiger partial charge in [0.05, 0.1) is 18.3 Å². The molecule has 23 heavy (non-hydrogen) atoms. The highest BCUT2D eigenvalue weighted by Gasteiger charge is 2.23. The number of halogens is 1. The van der Waals surface area contributed by atoms with Gasteiger partial charge in [-0.25, -0.2) is 4.98 Å². The Kier molecular flexibility index (Phi) is 3.85. The molecule has 0 spiro atoms. The average molecular weight is 389 g/mol. The molecule has 118 valence electrons. The number of hydrogen-bond donors (Lipinski definition) is 0. The SMILES string of the molecule is C[C@@H]1CCc2c(sc3ncn(Cc4cccc(Br)c4)c(=O)c23)C1. The number of rotatable bonds is 2. The summed E-state index contributed by atoms with van der Waals surface area (Å²) in [5.41, 5.74) is 2.45. The van der Waals surface area contributed by atoms with Crippen LogP contribution in [-0.2, 0) is 19.4 Å². The van der Waals surface area contributed by atoms with Crippen molar-refractivity contribution >= 4 is 37.5 Å². The smallest absolute Gasteiger partial charge is 0.262 e. The zero-order chi connectivity index (χ0) is 16.0. The molecule has 4 rings (SSSR count). The van der Waals surface area contributed by atoms with E-state index in [9.17, 15) is 4.79 Å². The summed E-state index contributed by atoms with van der Waals surface area (Å²) in [6.45, 7) is 2.84. The van der Waals surface area contributed by atoms with E-state index in [0.717, 1.165) is 33.1 Å². The molecule has 1 aromatic carbocycles. The van der Waals surface area contributed by atoms with Gasteiger partial charge in [0.15, 0.2) is 0 Å². The minimum atomic E-state index is 0.0991. The van der Waals surface area contributed by atoms with Crippen molar-refractivity contribution in [3.63, 3.8) is 0 Å². The predicted octanol–water partition coefficient (Wildman–Crippen LogP) is 4.39. The van der Waals surface area contributed by atoms with E-state index in [-0.39, 0.29) is 5.56 Å².